The van der Waals surface area contributed by atoms with E-state index in [1.165, 1.54) is 6.92 Å². The van der Waals surface area contributed by atoms with Gasteiger partial charge in [-0.2, -0.15) is 0 Å². The van der Waals surface area contributed by atoms with E-state index in [1.54, 1.807) is 48.7 Å². The number of ether oxygens (including phenoxy) is 1. The number of rotatable bonds is 13. The first-order valence-electron chi connectivity index (χ1n) is 13.7. The Bertz CT molecular complexity index is 1590. The molecular weight excluding hydrogens is 550 g/mol. The highest BCUT2D eigenvalue weighted by atomic mass is 16.5. The average molecular weight is 584 g/mol. The molecule has 0 aliphatic heterocycles. The molecule has 222 valence electrons. The third-order valence-electron chi connectivity index (χ3n) is 6.83. The summed E-state index contributed by atoms with van der Waals surface area (Å²) in [5.74, 6) is -3.51. The number of H-pyrrole nitrogens is 1. The van der Waals surface area contributed by atoms with Gasteiger partial charge in [0.2, 0.25) is 17.6 Å². The lowest BCUT2D eigenvalue weighted by molar-refractivity contribution is -0.138. The van der Waals surface area contributed by atoms with Crippen molar-refractivity contribution < 1.29 is 28.7 Å². The van der Waals surface area contributed by atoms with Gasteiger partial charge >= 0.3 is 6.09 Å². The minimum absolute atomic E-state index is 0.0172. The molecule has 11 heteroatoms. The number of aromatic nitrogens is 1. The van der Waals surface area contributed by atoms with Crippen molar-refractivity contribution in [3.8, 4) is 0 Å². The second-order valence-electron chi connectivity index (χ2n) is 10.0. The quantitative estimate of drug-likeness (QED) is 0.151. The van der Waals surface area contributed by atoms with Crippen molar-refractivity contribution in [2.24, 2.45) is 5.73 Å². The van der Waals surface area contributed by atoms with E-state index in [0.717, 1.165) is 22.0 Å². The van der Waals surface area contributed by atoms with E-state index < -0.39 is 47.7 Å². The number of nitrogens with two attached hydrogens (primary N) is 1. The largest absolute Gasteiger partial charge is 0.445 e. The summed E-state index contributed by atoms with van der Waals surface area (Å²) in [6.07, 6.45) is 0.998. The van der Waals surface area contributed by atoms with E-state index in [4.69, 9.17) is 10.5 Å². The number of primary amides is 1. The van der Waals surface area contributed by atoms with E-state index in [1.807, 2.05) is 42.5 Å². The highest BCUT2D eigenvalue weighted by Crippen LogP contribution is 2.19. The van der Waals surface area contributed by atoms with Gasteiger partial charge in [0.25, 0.3) is 5.91 Å². The molecule has 6 N–H and O–H groups in total. The van der Waals surface area contributed by atoms with Crippen molar-refractivity contribution in [2.75, 3.05) is 0 Å². The number of hydrogen-bond acceptors (Lipinski definition) is 6. The Morgan fingerprint density at radius 3 is 2.02 bits per heavy atom. The molecule has 0 radical (unpaired) electrons. The Morgan fingerprint density at radius 2 is 1.35 bits per heavy atom. The van der Waals surface area contributed by atoms with Crippen molar-refractivity contribution >= 4 is 40.5 Å². The summed E-state index contributed by atoms with van der Waals surface area (Å²) in [6.45, 7) is 1.47. The first kappa shape index (κ1) is 30.5. The van der Waals surface area contributed by atoms with Crippen LogP contribution < -0.4 is 21.7 Å². The number of alkyl carbamates (subject to hydrolysis) is 1. The second kappa shape index (κ2) is 14.4. The van der Waals surface area contributed by atoms with Gasteiger partial charge in [-0.1, -0.05) is 78.9 Å². The van der Waals surface area contributed by atoms with Crippen molar-refractivity contribution in [1.29, 1.82) is 0 Å². The van der Waals surface area contributed by atoms with Crippen molar-refractivity contribution in [3.63, 3.8) is 0 Å². The maximum atomic E-state index is 13.6. The molecule has 1 heterocycles. The number of hydrogen-bond donors (Lipinski definition) is 5. The van der Waals surface area contributed by atoms with Gasteiger partial charge < -0.3 is 31.4 Å². The fourth-order valence-corrected chi connectivity index (χ4v) is 4.54. The van der Waals surface area contributed by atoms with E-state index in [2.05, 4.69) is 20.9 Å². The lowest BCUT2D eigenvalue weighted by Crippen LogP contribution is -2.57. The van der Waals surface area contributed by atoms with Gasteiger partial charge in [0.15, 0.2) is 0 Å². The van der Waals surface area contributed by atoms with Crippen molar-refractivity contribution in [2.45, 2.75) is 44.5 Å². The van der Waals surface area contributed by atoms with E-state index >= 15 is 0 Å². The Labute approximate surface area is 248 Å². The highest BCUT2D eigenvalue weighted by Gasteiger charge is 2.31. The van der Waals surface area contributed by atoms with Crippen LogP contribution in [-0.4, -0.2) is 52.7 Å². The zero-order valence-electron chi connectivity index (χ0n) is 23.5. The molecule has 3 atom stereocenters. The van der Waals surface area contributed by atoms with Crippen molar-refractivity contribution in [1.82, 2.24) is 20.9 Å². The summed E-state index contributed by atoms with van der Waals surface area (Å²) in [5.41, 5.74) is 8.33. The molecule has 43 heavy (non-hydrogen) atoms. The molecule has 0 aliphatic carbocycles. The highest BCUT2D eigenvalue weighted by molar-refractivity contribution is 6.38. The zero-order valence-corrected chi connectivity index (χ0v) is 23.5. The van der Waals surface area contributed by atoms with Gasteiger partial charge in [-0.25, -0.2) is 4.79 Å². The smallest absolute Gasteiger partial charge is 0.408 e. The molecule has 0 aliphatic rings. The van der Waals surface area contributed by atoms with Gasteiger partial charge in [-0.3, -0.25) is 19.2 Å². The van der Waals surface area contributed by atoms with Crippen LogP contribution in [0.15, 0.2) is 91.1 Å². The Hall–Kier alpha value is -5.45. The molecule has 4 rings (SSSR count). The van der Waals surface area contributed by atoms with Crippen LogP contribution in [0, 0.1) is 0 Å². The average Bonchev–Trinajstić information content (AvgIpc) is 3.42. The molecule has 4 aromatic rings. The van der Waals surface area contributed by atoms with Crippen LogP contribution in [0.2, 0.25) is 0 Å². The molecular formula is C32H33N5O6. The van der Waals surface area contributed by atoms with Crippen LogP contribution >= 0.6 is 0 Å². The van der Waals surface area contributed by atoms with Gasteiger partial charge in [0.05, 0.1) is 0 Å². The van der Waals surface area contributed by atoms with Crippen LogP contribution in [0.25, 0.3) is 10.9 Å². The van der Waals surface area contributed by atoms with Gasteiger partial charge in [-0.05, 0) is 29.7 Å². The number of Topliss-reactive ketones (excluding diaryl/α,β-unsaturated/α-hetero) is 1. The number of carbonyl (C=O) groups excluding carboxylic acids is 5. The van der Waals surface area contributed by atoms with Crippen LogP contribution in [0.5, 0.6) is 0 Å². The van der Waals surface area contributed by atoms with Gasteiger partial charge in [0, 0.05) is 29.9 Å². The number of nitrogens with one attached hydrogen (secondary N) is 4. The Balaban J connectivity index is 1.49. The third kappa shape index (κ3) is 8.52. The number of para-hydroxylation sites is 1. The summed E-state index contributed by atoms with van der Waals surface area (Å²) < 4.78 is 5.20. The van der Waals surface area contributed by atoms with Crippen LogP contribution in [-0.2, 0) is 43.4 Å². The third-order valence-corrected chi connectivity index (χ3v) is 6.83. The molecule has 0 saturated heterocycles. The van der Waals surface area contributed by atoms with Crippen LogP contribution in [0.4, 0.5) is 4.79 Å². The maximum absolute atomic E-state index is 13.6. The summed E-state index contributed by atoms with van der Waals surface area (Å²) in [4.78, 5) is 66.7. The molecule has 4 amide bonds. The van der Waals surface area contributed by atoms with Gasteiger partial charge in [0.1, 0.15) is 24.7 Å². The predicted molar refractivity (Wildman–Crippen MR) is 159 cm³/mol. The Kier molecular flexibility index (Phi) is 10.2. The van der Waals surface area contributed by atoms with E-state index in [-0.39, 0.29) is 19.4 Å². The minimum atomic E-state index is -1.25. The van der Waals surface area contributed by atoms with E-state index in [0.29, 0.717) is 5.56 Å². The van der Waals surface area contributed by atoms with Crippen LogP contribution in [0.1, 0.15) is 23.6 Å². The summed E-state index contributed by atoms with van der Waals surface area (Å²) in [6, 6.07) is 21.9. The lowest BCUT2D eigenvalue weighted by atomic mass is 10.00. The molecule has 0 fully saturated rings. The molecule has 3 aromatic carbocycles. The molecule has 11 nitrogen and oxygen atoms in total. The number of carbonyl (C=O) groups is 5. The van der Waals surface area contributed by atoms with Gasteiger partial charge in [-0.15, -0.1) is 0 Å². The molecule has 1 aromatic heterocycles. The van der Waals surface area contributed by atoms with Crippen LogP contribution in [0.3, 0.4) is 0 Å². The van der Waals surface area contributed by atoms with E-state index in [9.17, 15) is 24.0 Å². The molecule has 0 spiro atoms. The first-order chi connectivity index (χ1) is 20.7. The topological polar surface area (TPSA) is 172 Å². The summed E-state index contributed by atoms with van der Waals surface area (Å²) in [7, 11) is 0. The fourth-order valence-electron chi connectivity index (χ4n) is 4.54. The summed E-state index contributed by atoms with van der Waals surface area (Å²) >= 11 is 0. The fraction of sp³-hybridized carbons (Fsp3) is 0.219. The molecule has 0 unspecified atom stereocenters. The molecule has 0 saturated carbocycles. The Morgan fingerprint density at radius 1 is 0.744 bits per heavy atom. The minimum Gasteiger partial charge on any atom is -0.445 e. The second-order valence-corrected chi connectivity index (χ2v) is 10.0. The number of ketones is 1. The maximum Gasteiger partial charge on any atom is 0.408 e. The normalized spacial score (nSPS) is 12.9. The SMILES string of the molecule is C[C@H](NC(=O)OCc1ccccc1)C(=O)N[C@@H](Cc1c[nH]c2ccccc12)C(=O)N[C@@H](Cc1ccccc1)C(=O)C(N)=O. The number of fused-ring (bicyclic) bond motifs is 1. The first-order valence-corrected chi connectivity index (χ1v) is 13.7. The zero-order chi connectivity index (χ0) is 30.8. The summed E-state index contributed by atoms with van der Waals surface area (Å²) in [5, 5.41) is 8.59. The molecule has 0 bridgehead atoms. The standard InChI is InChI=1S/C32H33N5O6/c1-20(35-32(42)43-19-22-12-6-3-7-13-22)30(40)37-27(17-23-18-34-25-15-9-8-14-24(23)25)31(41)36-26(28(38)29(33)39)16-21-10-4-2-5-11-21/h2-15,18,20,26-27,34H,16-17,19H2,1H3,(H2,33,39)(H,35,42)(H,36,41)(H,37,40)/t20-,26-,27-/m0/s1. The number of amides is 4. The van der Waals surface area contributed by atoms with Crippen molar-refractivity contribution in [3.05, 3.63) is 108 Å². The number of aromatic amines is 1. The monoisotopic (exact) mass is 583 g/mol. The lowest BCUT2D eigenvalue weighted by Gasteiger charge is -2.24. The number of benzene rings is 3. The predicted octanol–water partition coefficient (Wildman–Crippen LogP) is 2.29.